The van der Waals surface area contributed by atoms with E-state index in [1.54, 1.807) is 30.4 Å². The first kappa shape index (κ1) is 90.7. The second-order valence-electron chi connectivity index (χ2n) is 24.5. The van der Waals surface area contributed by atoms with Crippen molar-refractivity contribution in [1.82, 2.24) is 0 Å². The van der Waals surface area contributed by atoms with Gasteiger partial charge in [0.2, 0.25) is 8.32 Å². The van der Waals surface area contributed by atoms with Gasteiger partial charge >= 0.3 is 0 Å². The first-order chi connectivity index (χ1) is 43.9. The molecule has 530 valence electrons. The van der Waals surface area contributed by atoms with Crippen LogP contribution in [-0.4, -0.2) is 154 Å². The molecule has 0 spiro atoms. The molecular weight excluding hydrogens is 1260 g/mol. The maximum Gasteiger partial charge on any atom is 0.250 e. The van der Waals surface area contributed by atoms with E-state index < -0.39 is 20.7 Å². The number of Topliss-reactive ketones (excluding diaryl/α,β-unsaturated/α-hetero) is 3. The smallest absolute Gasteiger partial charge is 0.250 e. The summed E-state index contributed by atoms with van der Waals surface area (Å²) < 4.78 is 60.6. The van der Waals surface area contributed by atoms with Gasteiger partial charge < -0.3 is 43.4 Å². The van der Waals surface area contributed by atoms with Crippen LogP contribution in [0.4, 0.5) is 8.78 Å². The fraction of sp³-hybridized carbons (Fsp3) is 0.770. The number of halogens is 3. The lowest BCUT2D eigenvalue weighted by Crippen LogP contribution is -2.35. The van der Waals surface area contributed by atoms with Gasteiger partial charge in [0.15, 0.2) is 23.9 Å². The quantitative estimate of drug-likeness (QED) is 0.0431. The van der Waals surface area contributed by atoms with E-state index in [9.17, 15) is 38.5 Å². The molecule has 0 aliphatic heterocycles. The highest BCUT2D eigenvalue weighted by molar-refractivity contribution is 9.09. The molecule has 0 amide bonds. The third kappa shape index (κ3) is 52.5. The Labute approximate surface area is 565 Å². The largest absolute Gasteiger partial charge is 0.547 e. The average molecular weight is 1390 g/mol. The summed E-state index contributed by atoms with van der Waals surface area (Å²) >= 11 is 3.13. The number of allylic oxidation sites excluding steroid dienone is 3. The van der Waals surface area contributed by atoms with Crippen LogP contribution in [0.3, 0.4) is 0 Å². The van der Waals surface area contributed by atoms with E-state index in [4.69, 9.17) is 28.1 Å². The van der Waals surface area contributed by atoms with Crippen LogP contribution in [-0.2, 0) is 42.5 Å². The van der Waals surface area contributed by atoms with Gasteiger partial charge in [0, 0.05) is 37.4 Å². The van der Waals surface area contributed by atoms with Gasteiger partial charge in [-0.15, -0.1) is 48.1 Å². The first-order valence-corrected chi connectivity index (χ1v) is 40.7. The van der Waals surface area contributed by atoms with Gasteiger partial charge in [0.25, 0.3) is 0 Å². The Kier molecular flexibility index (Phi) is 63.5. The van der Waals surface area contributed by atoms with Crippen molar-refractivity contribution < 1.29 is 66.6 Å². The predicted octanol–water partition coefficient (Wildman–Crippen LogP) is 18.6. The monoisotopic (exact) mass is 1390 g/mol. The minimum atomic E-state index is -1.49. The second kappa shape index (κ2) is 63.7. The Balaban J connectivity index is 0. The Morgan fingerprint density at radius 3 is 1.03 bits per heavy atom. The Hall–Kier alpha value is -2.34. The molecule has 6 aliphatic rings. The van der Waals surface area contributed by atoms with Crippen molar-refractivity contribution in [2.45, 2.75) is 312 Å². The van der Waals surface area contributed by atoms with Crippen molar-refractivity contribution in [1.29, 1.82) is 0 Å². The van der Waals surface area contributed by atoms with Crippen molar-refractivity contribution in [3.05, 3.63) is 87.8 Å². The summed E-state index contributed by atoms with van der Waals surface area (Å²) in [5.74, 6) is 1.20. The molecule has 0 bridgehead atoms. The van der Waals surface area contributed by atoms with Gasteiger partial charge in [-0.3, -0.25) is 14.4 Å². The normalized spacial score (nSPS) is 26.0. The Morgan fingerprint density at radius 2 is 0.725 bits per heavy atom. The molecule has 5 saturated carbocycles. The minimum Gasteiger partial charge on any atom is -0.547 e. The molecule has 0 radical (unpaired) electrons. The van der Waals surface area contributed by atoms with E-state index in [0.29, 0.717) is 95.7 Å². The molecule has 5 fully saturated rings. The number of rotatable bonds is 21. The summed E-state index contributed by atoms with van der Waals surface area (Å²) in [4.78, 5) is 33.2. The summed E-state index contributed by atoms with van der Waals surface area (Å²) in [6, 6.07) is 3.67. The Bertz CT molecular complexity index is 1770. The van der Waals surface area contributed by atoms with Crippen LogP contribution < -0.4 is 0 Å². The van der Waals surface area contributed by atoms with Crippen molar-refractivity contribution >= 4 is 50.2 Å². The standard InChI is InChI=1S/C17H32O2Si.2C11H17FO2.C11H20O2.C11H18O2.C8H16O2.C3H5Br.C2H7P/c1-5-15-18-16-11-9-13-17(14-10-12-16)19-20(6-2,7-3)8-4;2*1-2-8-14-9-4-3-5-11(13)10(12)7-6-9;2*1-2-9-13-11-7-3-5-10(12)6-4-8-11;9-7-3-1-4-8(10)6-2-5-7;1-2-3-4;1-3-2/h5,13,16H,1,6-12,14-15H2,2-4H3;2*2,9-10H,1,3-8H2;2,10-12H,1,3-9H2;2,11H,1,3-9H2;7-10H,1-6H2;2H,1,3H2;3H,1-2H3/b17-13+;;;;;;;/t;9-,10+;9-,10-;;;;;/m.00...../s1. The van der Waals surface area contributed by atoms with E-state index in [2.05, 4.69) is 95.6 Å². The lowest BCUT2D eigenvalue weighted by molar-refractivity contribution is -0.125. The van der Waals surface area contributed by atoms with Crippen molar-refractivity contribution in [3.63, 3.8) is 0 Å². The number of ketones is 3. The highest BCUT2D eigenvalue weighted by Gasteiger charge is 2.32. The second-order valence-corrected chi connectivity index (χ2v) is 30.8. The molecule has 3 N–H and O–H groups in total. The van der Waals surface area contributed by atoms with Gasteiger partial charge in [0.1, 0.15) is 5.78 Å². The molecule has 0 saturated heterocycles. The van der Waals surface area contributed by atoms with Crippen LogP contribution in [0.5, 0.6) is 0 Å². The van der Waals surface area contributed by atoms with Gasteiger partial charge in [-0.1, -0.05) is 73.2 Å². The third-order valence-electron chi connectivity index (χ3n) is 16.8. The van der Waals surface area contributed by atoms with E-state index in [1.807, 2.05) is 6.08 Å². The molecule has 6 rings (SSSR count). The molecule has 0 aromatic rings. The number of carbonyl (C=O) groups is 3. The topological polar surface area (TPSA) is 167 Å². The van der Waals surface area contributed by atoms with Crippen LogP contribution in [0.2, 0.25) is 18.1 Å². The van der Waals surface area contributed by atoms with Crippen LogP contribution in [0.15, 0.2) is 87.8 Å². The maximum absolute atomic E-state index is 13.1. The molecule has 1 unspecified atom stereocenters. The zero-order chi connectivity index (χ0) is 68.2. The van der Waals surface area contributed by atoms with Crippen LogP contribution in [0.25, 0.3) is 0 Å². The van der Waals surface area contributed by atoms with Crippen LogP contribution >= 0.6 is 24.5 Å². The van der Waals surface area contributed by atoms with E-state index >= 15 is 0 Å². The van der Waals surface area contributed by atoms with Crippen molar-refractivity contribution in [2.75, 3.05) is 51.7 Å². The molecule has 5 atom stereocenters. The highest BCUT2D eigenvalue weighted by Crippen LogP contribution is 2.30. The van der Waals surface area contributed by atoms with Gasteiger partial charge in [-0.25, -0.2) is 8.78 Å². The van der Waals surface area contributed by atoms with E-state index in [0.717, 1.165) is 181 Å². The summed E-state index contributed by atoms with van der Waals surface area (Å²) in [5, 5.41) is 28.8. The summed E-state index contributed by atoms with van der Waals surface area (Å²) in [7, 11) is -0.411. The lowest BCUT2D eigenvalue weighted by atomic mass is 9.96. The highest BCUT2D eigenvalue weighted by atomic mass is 79.9. The van der Waals surface area contributed by atoms with Crippen LogP contribution in [0, 0.1) is 0 Å². The SMILES string of the molecule is C=CCBr.C=CCOC1CC/C=C(/O[Si](CC)(CC)CC)CCC1.C=CCOC1CCCC(=O)CCC1.C=CCOC1CCCC(O)CCC1.C=CCO[C@H]1CCCC(=O)[C@@H](F)CC1.C=CCO[C@H]1CCCC(=O)[C@H](F)CC1.CPC.OC1CCCC(O)CCC1. The van der Waals surface area contributed by atoms with Crippen molar-refractivity contribution in [2.24, 2.45) is 0 Å². The Morgan fingerprint density at radius 1 is 0.451 bits per heavy atom. The maximum atomic E-state index is 13.1. The molecule has 17 heteroatoms. The van der Waals surface area contributed by atoms with Gasteiger partial charge in [0.05, 0.1) is 87.6 Å². The summed E-state index contributed by atoms with van der Waals surface area (Å²) in [6.07, 6.45) is 40.0. The van der Waals surface area contributed by atoms with Gasteiger partial charge in [-0.2, -0.15) is 0 Å². The molecule has 6 aliphatic carbocycles. The number of alkyl halides is 3. The molecule has 0 aromatic heterocycles. The third-order valence-corrected chi connectivity index (χ3v) is 21.8. The fourth-order valence-corrected chi connectivity index (χ4v) is 13.9. The number of carbonyl (C=O) groups excluding carboxylic acids is 3. The van der Waals surface area contributed by atoms with E-state index in [1.165, 1.54) is 30.3 Å². The summed E-state index contributed by atoms with van der Waals surface area (Å²) in [5.41, 5.74) is 0. The first-order valence-electron chi connectivity index (χ1n) is 35.1. The molecular formula is C74H132BrF2O12PSi. The van der Waals surface area contributed by atoms with Gasteiger partial charge in [-0.05, 0) is 217 Å². The number of aliphatic hydroxyl groups is 3. The molecule has 12 nitrogen and oxygen atoms in total. The average Bonchev–Trinajstić information content (AvgIpc) is 2.08. The number of hydrogen-bond donors (Lipinski definition) is 3. The molecule has 91 heavy (non-hydrogen) atoms. The van der Waals surface area contributed by atoms with Crippen molar-refractivity contribution in [3.8, 4) is 0 Å². The lowest BCUT2D eigenvalue weighted by Gasteiger charge is -2.31. The van der Waals surface area contributed by atoms with E-state index in [-0.39, 0.29) is 42.1 Å². The molecule has 0 aromatic carbocycles. The minimum absolute atomic E-state index is 0.0691. The zero-order valence-corrected chi connectivity index (χ0v) is 61.5. The zero-order valence-electron chi connectivity index (χ0n) is 57.9. The number of aliphatic hydroxyl groups excluding tert-OH is 3. The number of hydrogen-bond acceptors (Lipinski definition) is 12. The number of ether oxygens (including phenoxy) is 5. The summed E-state index contributed by atoms with van der Waals surface area (Å²) in [6.45, 7) is 35.7. The predicted molar refractivity (Wildman–Crippen MR) is 385 cm³/mol. The molecule has 0 heterocycles. The fourth-order valence-electron chi connectivity index (χ4n) is 11.2. The van der Waals surface area contributed by atoms with Crippen LogP contribution in [0.1, 0.15) is 233 Å².